The molecule has 0 fully saturated rings. The smallest absolute Gasteiger partial charge is 0.221 e. The first-order chi connectivity index (χ1) is 9.56. The lowest BCUT2D eigenvalue weighted by Crippen LogP contribution is -2.15. The highest BCUT2D eigenvalue weighted by atomic mass is 79.9. The van der Waals surface area contributed by atoms with E-state index in [4.69, 9.17) is 5.73 Å². The molecule has 0 heterocycles. The second-order valence-corrected chi connectivity index (χ2v) is 5.24. The third kappa shape index (κ3) is 3.81. The van der Waals surface area contributed by atoms with Crippen molar-refractivity contribution in [3.8, 4) is 0 Å². The van der Waals surface area contributed by atoms with Crippen LogP contribution in [0.1, 0.15) is 11.1 Å². The maximum atomic E-state index is 13.0. The van der Waals surface area contributed by atoms with Crippen LogP contribution >= 0.6 is 15.9 Å². The summed E-state index contributed by atoms with van der Waals surface area (Å²) in [6, 6.07) is 12.0. The average molecular weight is 337 g/mol. The first kappa shape index (κ1) is 14.5. The largest absolute Gasteiger partial charge is 0.381 e. The predicted octanol–water partition coefficient (Wildman–Crippen LogP) is 3.23. The van der Waals surface area contributed by atoms with E-state index in [1.54, 1.807) is 6.07 Å². The average Bonchev–Trinajstić information content (AvgIpc) is 2.39. The fourth-order valence-corrected chi connectivity index (χ4v) is 2.38. The summed E-state index contributed by atoms with van der Waals surface area (Å²) in [5, 5.41) is 3.23. The second kappa shape index (κ2) is 6.52. The maximum Gasteiger partial charge on any atom is 0.221 e. The van der Waals surface area contributed by atoms with Crippen LogP contribution in [0.4, 0.5) is 10.1 Å². The number of hydrogen-bond acceptors (Lipinski definition) is 2. The molecular weight excluding hydrogens is 323 g/mol. The molecule has 0 aliphatic heterocycles. The Labute approximate surface area is 125 Å². The van der Waals surface area contributed by atoms with Gasteiger partial charge in [-0.3, -0.25) is 4.79 Å². The van der Waals surface area contributed by atoms with Gasteiger partial charge in [-0.2, -0.15) is 0 Å². The molecule has 2 aromatic carbocycles. The summed E-state index contributed by atoms with van der Waals surface area (Å²) < 4.78 is 13.7. The predicted molar refractivity (Wildman–Crippen MR) is 80.8 cm³/mol. The fraction of sp³-hybridized carbons (Fsp3) is 0.133. The van der Waals surface area contributed by atoms with Crippen LogP contribution < -0.4 is 11.1 Å². The lowest BCUT2D eigenvalue weighted by molar-refractivity contribution is -0.117. The lowest BCUT2D eigenvalue weighted by atomic mass is 10.1. The normalized spacial score (nSPS) is 10.3. The van der Waals surface area contributed by atoms with E-state index >= 15 is 0 Å². The van der Waals surface area contributed by atoms with Gasteiger partial charge in [-0.1, -0.05) is 40.2 Å². The highest BCUT2D eigenvalue weighted by molar-refractivity contribution is 9.10. The number of amides is 1. The van der Waals surface area contributed by atoms with Gasteiger partial charge in [-0.25, -0.2) is 4.39 Å². The Hall–Kier alpha value is -1.88. The monoisotopic (exact) mass is 336 g/mol. The number of nitrogens with one attached hydrogen (secondary N) is 1. The zero-order valence-corrected chi connectivity index (χ0v) is 12.3. The number of hydrogen-bond donors (Lipinski definition) is 2. The molecule has 0 aromatic heterocycles. The van der Waals surface area contributed by atoms with Crippen molar-refractivity contribution >= 4 is 27.5 Å². The van der Waals surface area contributed by atoms with E-state index in [9.17, 15) is 9.18 Å². The molecule has 20 heavy (non-hydrogen) atoms. The van der Waals surface area contributed by atoms with Crippen molar-refractivity contribution in [1.29, 1.82) is 0 Å². The molecule has 0 radical (unpaired) electrons. The summed E-state index contributed by atoms with van der Waals surface area (Å²) in [7, 11) is 0. The molecule has 3 N–H and O–H groups in total. The number of nitrogens with two attached hydrogens (primary N) is 1. The molecule has 0 spiro atoms. The number of halogens is 2. The number of rotatable bonds is 5. The first-order valence-corrected chi connectivity index (χ1v) is 6.89. The molecule has 2 aromatic rings. The van der Waals surface area contributed by atoms with Crippen LogP contribution in [-0.4, -0.2) is 5.91 Å². The van der Waals surface area contributed by atoms with Crippen LogP contribution in [0.15, 0.2) is 46.9 Å². The van der Waals surface area contributed by atoms with Crippen molar-refractivity contribution in [3.05, 3.63) is 63.9 Å². The molecule has 3 nitrogen and oxygen atoms in total. The molecular formula is C15H14BrFN2O. The highest BCUT2D eigenvalue weighted by Gasteiger charge is 2.06. The molecule has 0 unspecified atom stereocenters. The number of primary amides is 1. The fourth-order valence-electron chi connectivity index (χ4n) is 1.89. The summed E-state index contributed by atoms with van der Waals surface area (Å²) in [6.07, 6.45) is 0.188. The standard InChI is InChI=1S/C15H14BrFN2O/c16-13-8-12(17)6-5-11(13)9-19-14-4-2-1-3-10(14)7-15(18)20/h1-6,8,19H,7,9H2,(H2,18,20). The van der Waals surface area contributed by atoms with Gasteiger partial charge in [-0.15, -0.1) is 0 Å². The van der Waals surface area contributed by atoms with Crippen molar-refractivity contribution in [3.63, 3.8) is 0 Å². The van der Waals surface area contributed by atoms with Gasteiger partial charge in [0.15, 0.2) is 0 Å². The van der Waals surface area contributed by atoms with Gasteiger partial charge in [-0.05, 0) is 29.3 Å². The van der Waals surface area contributed by atoms with E-state index in [0.717, 1.165) is 16.8 Å². The quantitative estimate of drug-likeness (QED) is 0.880. The Morgan fingerprint density at radius 2 is 1.95 bits per heavy atom. The Morgan fingerprint density at radius 1 is 1.20 bits per heavy atom. The molecule has 0 aliphatic rings. The summed E-state index contributed by atoms with van der Waals surface area (Å²) >= 11 is 3.33. The van der Waals surface area contributed by atoms with Crippen LogP contribution in [0.2, 0.25) is 0 Å². The van der Waals surface area contributed by atoms with Crippen molar-refractivity contribution in [1.82, 2.24) is 0 Å². The second-order valence-electron chi connectivity index (χ2n) is 4.39. The number of para-hydroxylation sites is 1. The van der Waals surface area contributed by atoms with Gasteiger partial charge >= 0.3 is 0 Å². The molecule has 0 aliphatic carbocycles. The third-order valence-electron chi connectivity index (χ3n) is 2.87. The van der Waals surface area contributed by atoms with E-state index in [0.29, 0.717) is 11.0 Å². The van der Waals surface area contributed by atoms with Crippen LogP contribution in [0, 0.1) is 5.82 Å². The molecule has 1 amide bonds. The van der Waals surface area contributed by atoms with Crippen molar-refractivity contribution in [2.75, 3.05) is 5.32 Å². The number of anilines is 1. The SMILES string of the molecule is NC(=O)Cc1ccccc1NCc1ccc(F)cc1Br. The van der Waals surface area contributed by atoms with E-state index < -0.39 is 0 Å². The molecule has 0 saturated heterocycles. The minimum Gasteiger partial charge on any atom is -0.381 e. The summed E-state index contributed by atoms with van der Waals surface area (Å²) in [6.45, 7) is 0.524. The van der Waals surface area contributed by atoms with Crippen molar-refractivity contribution < 1.29 is 9.18 Å². The molecule has 0 saturated carbocycles. The zero-order valence-electron chi connectivity index (χ0n) is 10.7. The van der Waals surface area contributed by atoms with Crippen LogP contribution in [0.3, 0.4) is 0 Å². The van der Waals surface area contributed by atoms with Crippen molar-refractivity contribution in [2.45, 2.75) is 13.0 Å². The van der Waals surface area contributed by atoms with E-state index in [1.807, 2.05) is 24.3 Å². The van der Waals surface area contributed by atoms with E-state index in [2.05, 4.69) is 21.2 Å². The van der Waals surface area contributed by atoms with Gasteiger partial charge in [0.2, 0.25) is 5.91 Å². The number of carbonyl (C=O) groups is 1. The highest BCUT2D eigenvalue weighted by Crippen LogP contribution is 2.21. The zero-order chi connectivity index (χ0) is 14.5. The van der Waals surface area contributed by atoms with E-state index in [1.165, 1.54) is 12.1 Å². The van der Waals surface area contributed by atoms with Gasteiger partial charge in [0.1, 0.15) is 5.82 Å². The Bertz CT molecular complexity index is 631. The maximum absolute atomic E-state index is 13.0. The van der Waals surface area contributed by atoms with Gasteiger partial charge in [0.25, 0.3) is 0 Å². The van der Waals surface area contributed by atoms with Gasteiger partial charge in [0.05, 0.1) is 6.42 Å². The Morgan fingerprint density at radius 3 is 2.65 bits per heavy atom. The minimum absolute atomic E-state index is 0.188. The number of carbonyl (C=O) groups excluding carboxylic acids is 1. The summed E-state index contributed by atoms with van der Waals surface area (Å²) in [5.41, 5.74) is 7.85. The third-order valence-corrected chi connectivity index (χ3v) is 3.60. The number of benzene rings is 2. The molecule has 104 valence electrons. The van der Waals surface area contributed by atoms with Crippen molar-refractivity contribution in [2.24, 2.45) is 5.73 Å². The summed E-state index contributed by atoms with van der Waals surface area (Å²) in [5.74, 6) is -0.656. The first-order valence-electron chi connectivity index (χ1n) is 6.10. The van der Waals surface area contributed by atoms with Gasteiger partial charge < -0.3 is 11.1 Å². The Kier molecular flexibility index (Phi) is 4.74. The van der Waals surface area contributed by atoms with E-state index in [-0.39, 0.29) is 18.1 Å². The molecule has 5 heteroatoms. The topological polar surface area (TPSA) is 55.1 Å². The molecule has 0 atom stereocenters. The van der Waals surface area contributed by atoms with Crippen LogP contribution in [0.25, 0.3) is 0 Å². The van der Waals surface area contributed by atoms with Crippen LogP contribution in [-0.2, 0) is 17.8 Å². The van der Waals surface area contributed by atoms with Crippen LogP contribution in [0.5, 0.6) is 0 Å². The molecule has 0 bridgehead atoms. The molecule has 2 rings (SSSR count). The van der Waals surface area contributed by atoms with Gasteiger partial charge in [0, 0.05) is 16.7 Å². The summed E-state index contributed by atoms with van der Waals surface area (Å²) in [4.78, 5) is 11.0. The lowest BCUT2D eigenvalue weighted by Gasteiger charge is -2.12. The minimum atomic E-state index is -0.373. The Balaban J connectivity index is 2.12.